The van der Waals surface area contributed by atoms with Gasteiger partial charge in [0, 0.05) is 5.69 Å². The Morgan fingerprint density at radius 2 is 1.94 bits per heavy atom. The topological polar surface area (TPSA) is 118 Å². The van der Waals surface area contributed by atoms with E-state index in [0.717, 1.165) is 50.8 Å². The van der Waals surface area contributed by atoms with E-state index in [2.05, 4.69) is 26.5 Å². The van der Waals surface area contributed by atoms with Crippen LogP contribution in [0.4, 0.5) is 5.69 Å². The summed E-state index contributed by atoms with van der Waals surface area (Å²) in [5.41, 5.74) is 5.94. The SMILES string of the molecule is CCN[C@H]1COc2c(S(=O)(=O)NC(O)Nc3c4c(cc5c3CCC5)CCC4)cnn2C1. The van der Waals surface area contributed by atoms with Crippen LogP contribution in [0.15, 0.2) is 17.2 Å². The number of aliphatic hydroxyl groups is 1. The third-order valence-electron chi connectivity index (χ3n) is 6.38. The number of nitrogens with zero attached hydrogens (tertiary/aromatic N) is 2. The van der Waals surface area contributed by atoms with Crippen LogP contribution in [0.2, 0.25) is 0 Å². The van der Waals surface area contributed by atoms with E-state index < -0.39 is 16.4 Å². The molecule has 0 spiro atoms. The molecule has 1 unspecified atom stereocenters. The van der Waals surface area contributed by atoms with Crippen molar-refractivity contribution < 1.29 is 18.3 Å². The van der Waals surface area contributed by atoms with Gasteiger partial charge in [-0.25, -0.2) is 13.1 Å². The molecule has 0 saturated carbocycles. The molecule has 0 bridgehead atoms. The first-order valence-electron chi connectivity index (χ1n) is 11.0. The van der Waals surface area contributed by atoms with E-state index in [-0.39, 0.29) is 16.8 Å². The van der Waals surface area contributed by atoms with Gasteiger partial charge in [0.1, 0.15) is 6.61 Å². The van der Waals surface area contributed by atoms with Gasteiger partial charge in [0.15, 0.2) is 11.2 Å². The molecule has 0 radical (unpaired) electrons. The first-order valence-corrected chi connectivity index (χ1v) is 12.5. The molecule has 5 rings (SSSR count). The van der Waals surface area contributed by atoms with Crippen molar-refractivity contribution in [2.75, 3.05) is 18.5 Å². The zero-order chi connectivity index (χ0) is 21.6. The minimum Gasteiger partial charge on any atom is -0.475 e. The fraction of sp³-hybridized carbons (Fsp3) is 0.571. The van der Waals surface area contributed by atoms with Gasteiger partial charge in [-0.05, 0) is 67.3 Å². The second-order valence-corrected chi connectivity index (χ2v) is 10.1. The van der Waals surface area contributed by atoms with Crippen LogP contribution in [0.25, 0.3) is 0 Å². The molecule has 1 aliphatic heterocycles. The highest BCUT2D eigenvalue weighted by molar-refractivity contribution is 7.89. The van der Waals surface area contributed by atoms with Crippen molar-refractivity contribution in [1.82, 2.24) is 19.8 Å². The van der Waals surface area contributed by atoms with Gasteiger partial charge in [-0.15, -0.1) is 0 Å². The predicted octanol–water partition coefficient (Wildman–Crippen LogP) is 0.897. The Kier molecular flexibility index (Phi) is 5.41. The summed E-state index contributed by atoms with van der Waals surface area (Å²) in [5.74, 6) is 0.204. The molecule has 2 aromatic rings. The lowest BCUT2D eigenvalue weighted by Gasteiger charge is -2.25. The minimum absolute atomic E-state index is 0.0631. The quantitative estimate of drug-likeness (QED) is 0.466. The lowest BCUT2D eigenvalue weighted by atomic mass is 9.99. The van der Waals surface area contributed by atoms with Crippen LogP contribution in [-0.2, 0) is 42.3 Å². The minimum atomic E-state index is -4.03. The number of fused-ring (bicyclic) bond motifs is 3. The van der Waals surface area contributed by atoms with E-state index >= 15 is 0 Å². The molecule has 2 atom stereocenters. The van der Waals surface area contributed by atoms with Crippen LogP contribution < -0.4 is 20.1 Å². The first-order chi connectivity index (χ1) is 15.0. The number of sulfonamides is 1. The summed E-state index contributed by atoms with van der Waals surface area (Å²) in [6.45, 7) is 3.69. The zero-order valence-corrected chi connectivity index (χ0v) is 18.5. The number of likely N-dealkylation sites (N-methyl/N-ethyl adjacent to an activating group) is 1. The van der Waals surface area contributed by atoms with Gasteiger partial charge in [-0.2, -0.15) is 9.82 Å². The summed E-state index contributed by atoms with van der Waals surface area (Å²) >= 11 is 0. The molecule has 1 aromatic heterocycles. The Bertz CT molecular complexity index is 1070. The van der Waals surface area contributed by atoms with Crippen LogP contribution in [0.3, 0.4) is 0 Å². The number of benzene rings is 1. The lowest BCUT2D eigenvalue weighted by Crippen LogP contribution is -2.43. The van der Waals surface area contributed by atoms with Crippen molar-refractivity contribution in [1.29, 1.82) is 0 Å². The Labute approximate surface area is 182 Å². The lowest BCUT2D eigenvalue weighted by molar-refractivity contribution is 0.179. The summed E-state index contributed by atoms with van der Waals surface area (Å²) in [5, 5.41) is 21.1. The average Bonchev–Trinajstić information content (AvgIpc) is 3.46. The van der Waals surface area contributed by atoms with Gasteiger partial charge in [0.2, 0.25) is 5.88 Å². The third-order valence-corrected chi connectivity index (χ3v) is 7.77. The van der Waals surface area contributed by atoms with E-state index in [9.17, 15) is 13.5 Å². The zero-order valence-electron chi connectivity index (χ0n) is 17.6. The van der Waals surface area contributed by atoms with Crippen molar-refractivity contribution in [3.63, 3.8) is 0 Å². The fourth-order valence-corrected chi connectivity index (χ4v) is 6.10. The predicted molar refractivity (Wildman–Crippen MR) is 116 cm³/mol. The van der Waals surface area contributed by atoms with Crippen LogP contribution in [-0.4, -0.2) is 48.9 Å². The number of aliphatic hydroxyl groups excluding tert-OH is 1. The van der Waals surface area contributed by atoms with Crippen LogP contribution in [0.5, 0.6) is 5.88 Å². The number of aryl methyl sites for hydroxylation is 2. The number of hydrogen-bond acceptors (Lipinski definition) is 7. The molecule has 0 amide bonds. The summed E-state index contributed by atoms with van der Waals surface area (Å²) in [6.07, 6.45) is 5.96. The normalized spacial score (nSPS) is 20.6. The second-order valence-electron chi connectivity index (χ2n) is 8.46. The van der Waals surface area contributed by atoms with Crippen LogP contribution in [0.1, 0.15) is 42.0 Å². The monoisotopic (exact) mass is 447 g/mol. The van der Waals surface area contributed by atoms with E-state index in [1.165, 1.54) is 28.5 Å². The van der Waals surface area contributed by atoms with Gasteiger partial charge in [-0.1, -0.05) is 13.0 Å². The van der Waals surface area contributed by atoms with Gasteiger partial charge >= 0.3 is 0 Å². The maximum absolute atomic E-state index is 13.0. The van der Waals surface area contributed by atoms with E-state index in [4.69, 9.17) is 4.74 Å². The number of nitrogens with one attached hydrogen (secondary N) is 3. The summed E-state index contributed by atoms with van der Waals surface area (Å²) in [4.78, 5) is -0.0631. The number of hydrogen-bond donors (Lipinski definition) is 4. The highest BCUT2D eigenvalue weighted by Gasteiger charge is 2.32. The van der Waals surface area contributed by atoms with E-state index in [1.807, 2.05) is 6.92 Å². The Balaban J connectivity index is 1.35. The molecule has 0 saturated heterocycles. The summed E-state index contributed by atoms with van der Waals surface area (Å²) < 4.78 is 35.5. The van der Waals surface area contributed by atoms with Crippen molar-refractivity contribution in [3.05, 3.63) is 34.5 Å². The number of aromatic nitrogens is 2. The van der Waals surface area contributed by atoms with E-state index in [1.54, 1.807) is 4.68 Å². The maximum atomic E-state index is 13.0. The van der Waals surface area contributed by atoms with Gasteiger partial charge in [0.25, 0.3) is 10.0 Å². The first kappa shape index (κ1) is 20.7. The Morgan fingerprint density at radius 3 is 2.61 bits per heavy atom. The summed E-state index contributed by atoms with van der Waals surface area (Å²) in [6, 6.07) is 2.37. The second kappa shape index (κ2) is 8.09. The summed E-state index contributed by atoms with van der Waals surface area (Å²) in [7, 11) is -4.03. The molecule has 3 aliphatic rings. The van der Waals surface area contributed by atoms with Crippen molar-refractivity contribution in [2.45, 2.75) is 69.3 Å². The molecule has 168 valence electrons. The fourth-order valence-electron chi connectivity index (χ4n) is 5.04. The molecule has 0 fully saturated rings. The highest BCUT2D eigenvalue weighted by Crippen LogP contribution is 2.38. The van der Waals surface area contributed by atoms with Crippen molar-refractivity contribution in [2.24, 2.45) is 0 Å². The third kappa shape index (κ3) is 3.82. The number of rotatable bonds is 7. The molecule has 31 heavy (non-hydrogen) atoms. The van der Waals surface area contributed by atoms with Crippen molar-refractivity contribution >= 4 is 15.7 Å². The smallest absolute Gasteiger partial charge is 0.251 e. The molecule has 2 heterocycles. The van der Waals surface area contributed by atoms with Gasteiger partial charge < -0.3 is 20.5 Å². The van der Waals surface area contributed by atoms with Crippen LogP contribution in [0, 0.1) is 0 Å². The number of ether oxygens (including phenoxy) is 1. The molecule has 1 aromatic carbocycles. The largest absolute Gasteiger partial charge is 0.475 e. The van der Waals surface area contributed by atoms with E-state index in [0.29, 0.717) is 13.2 Å². The maximum Gasteiger partial charge on any atom is 0.251 e. The molecular weight excluding hydrogens is 418 g/mol. The Hall–Kier alpha value is -2.14. The van der Waals surface area contributed by atoms with Crippen molar-refractivity contribution in [3.8, 4) is 5.88 Å². The molecule has 10 heteroatoms. The van der Waals surface area contributed by atoms with Gasteiger partial charge in [-0.3, -0.25) is 0 Å². The molecule has 9 nitrogen and oxygen atoms in total. The van der Waals surface area contributed by atoms with Crippen LogP contribution >= 0.6 is 0 Å². The number of anilines is 1. The molecule has 4 N–H and O–H groups in total. The highest BCUT2D eigenvalue weighted by atomic mass is 32.2. The average molecular weight is 448 g/mol. The Morgan fingerprint density at radius 1 is 1.23 bits per heavy atom. The van der Waals surface area contributed by atoms with Gasteiger partial charge in [0.05, 0.1) is 18.8 Å². The standard InChI is InChI=1S/C21H29N5O4S/c1-2-22-15-11-26-20(30-12-15)18(10-23-26)31(28,29)25-21(27)24-19-16-7-3-5-13(16)9-14-6-4-8-17(14)19/h9-10,15,21-22,24-25,27H,2-8,11-12H2,1H3/t15-,21?/m1/s1. The molecule has 2 aliphatic carbocycles. The molecular formula is C21H29N5O4S.